The molecule has 0 N–H and O–H groups in total. The van der Waals surface area contributed by atoms with Crippen molar-refractivity contribution >= 4 is 23.7 Å². The average molecular weight is 406 g/mol. The Morgan fingerprint density at radius 2 is 1.77 bits per heavy atom. The third-order valence-electron chi connectivity index (χ3n) is 5.10. The number of ether oxygens (including phenoxy) is 1. The average Bonchev–Trinajstić information content (AvgIpc) is 3.01. The lowest BCUT2D eigenvalue weighted by atomic mass is 10.1. The highest BCUT2D eigenvalue weighted by Gasteiger charge is 2.35. The Bertz CT molecular complexity index is 1020. The number of benzene rings is 2. The van der Waals surface area contributed by atoms with E-state index in [0.717, 1.165) is 10.5 Å². The third kappa shape index (κ3) is 4.00. The molecule has 2 aromatic carbocycles. The van der Waals surface area contributed by atoms with Crippen molar-refractivity contribution in [2.24, 2.45) is 0 Å². The Kier molecular flexibility index (Phi) is 6.11. The zero-order valence-electron chi connectivity index (χ0n) is 16.8. The van der Waals surface area contributed by atoms with E-state index in [4.69, 9.17) is 4.74 Å². The van der Waals surface area contributed by atoms with Gasteiger partial charge in [-0.1, -0.05) is 36.4 Å². The second-order valence-corrected chi connectivity index (χ2v) is 6.94. The number of carbonyl (C=O) groups is 4. The molecule has 0 spiro atoms. The van der Waals surface area contributed by atoms with Crippen LogP contribution in [0.2, 0.25) is 0 Å². The van der Waals surface area contributed by atoms with Crippen LogP contribution in [0.25, 0.3) is 0 Å². The number of amides is 3. The van der Waals surface area contributed by atoms with Crippen molar-refractivity contribution in [3.63, 3.8) is 0 Å². The molecule has 1 heterocycles. The molecule has 30 heavy (non-hydrogen) atoms. The van der Waals surface area contributed by atoms with E-state index in [1.165, 1.54) is 29.2 Å². The van der Waals surface area contributed by atoms with E-state index in [2.05, 4.69) is 6.58 Å². The van der Waals surface area contributed by atoms with Crippen molar-refractivity contribution in [2.45, 2.75) is 13.0 Å². The summed E-state index contributed by atoms with van der Waals surface area (Å²) in [5.41, 5.74) is 1.43. The predicted molar refractivity (Wildman–Crippen MR) is 110 cm³/mol. The highest BCUT2D eigenvalue weighted by molar-refractivity contribution is 6.22. The molecule has 1 atom stereocenters. The van der Waals surface area contributed by atoms with E-state index >= 15 is 0 Å². The van der Waals surface area contributed by atoms with Crippen LogP contribution in [0.4, 0.5) is 0 Å². The number of carbonyl (C=O) groups excluding carboxylic acids is 4. The molecule has 2 aromatic rings. The van der Waals surface area contributed by atoms with Crippen LogP contribution in [-0.4, -0.2) is 53.7 Å². The molecular formula is C23H22N2O5. The second kappa shape index (κ2) is 8.73. The lowest BCUT2D eigenvalue weighted by Crippen LogP contribution is -2.33. The van der Waals surface area contributed by atoms with E-state index in [1.54, 1.807) is 7.05 Å². The maximum atomic E-state index is 12.4. The Labute approximate surface area is 174 Å². The van der Waals surface area contributed by atoms with Crippen LogP contribution in [0.1, 0.15) is 49.6 Å². The molecule has 154 valence electrons. The third-order valence-corrected chi connectivity index (χ3v) is 5.10. The van der Waals surface area contributed by atoms with Crippen LogP contribution >= 0.6 is 0 Å². The van der Waals surface area contributed by atoms with Crippen LogP contribution in [0.15, 0.2) is 61.2 Å². The minimum Gasteiger partial charge on any atom is -0.452 e. The summed E-state index contributed by atoms with van der Waals surface area (Å²) in [6.45, 7) is 5.07. The summed E-state index contributed by atoms with van der Waals surface area (Å²) >= 11 is 0. The van der Waals surface area contributed by atoms with Gasteiger partial charge in [-0.15, -0.1) is 6.58 Å². The molecule has 3 amide bonds. The first kappa shape index (κ1) is 21.0. The minimum atomic E-state index is -0.741. The number of hydrogen-bond donors (Lipinski definition) is 0. The smallest absolute Gasteiger partial charge is 0.338 e. The number of hydrogen-bond acceptors (Lipinski definition) is 5. The highest BCUT2D eigenvalue weighted by atomic mass is 16.5. The van der Waals surface area contributed by atoms with Gasteiger partial charge in [0.25, 0.3) is 17.7 Å². The summed E-state index contributed by atoms with van der Waals surface area (Å²) in [7, 11) is 1.64. The van der Waals surface area contributed by atoms with E-state index in [0.29, 0.717) is 0 Å². The number of nitrogens with zero attached hydrogens (tertiary/aromatic N) is 2. The van der Waals surface area contributed by atoms with Gasteiger partial charge in [0, 0.05) is 13.6 Å². The fourth-order valence-electron chi connectivity index (χ4n) is 3.20. The molecule has 0 saturated heterocycles. The number of fused-ring (bicyclic) bond motifs is 1. The summed E-state index contributed by atoms with van der Waals surface area (Å²) < 4.78 is 5.14. The standard InChI is InChI=1S/C23H22N2O5/c1-4-12-25-21(27)18-11-10-17(13-19(18)22(25)28)23(29)30-14-20(26)24(3)15(2)16-8-6-5-7-9-16/h4-11,13,15H,1,12,14H2,2-3H3/t15-/m1/s1. The lowest BCUT2D eigenvalue weighted by molar-refractivity contribution is -0.135. The van der Waals surface area contributed by atoms with Crippen LogP contribution in [-0.2, 0) is 9.53 Å². The molecule has 0 bridgehead atoms. The van der Waals surface area contributed by atoms with Crippen molar-refractivity contribution in [3.05, 3.63) is 83.4 Å². The van der Waals surface area contributed by atoms with E-state index in [-0.39, 0.29) is 35.2 Å². The van der Waals surface area contributed by atoms with Gasteiger partial charge in [-0.25, -0.2) is 4.79 Å². The topological polar surface area (TPSA) is 84.0 Å². The summed E-state index contributed by atoms with van der Waals surface area (Å²) in [5, 5.41) is 0. The SMILES string of the molecule is C=CCN1C(=O)c2ccc(C(=O)OCC(=O)N(C)[C@H](C)c3ccccc3)cc2C1=O. The maximum absolute atomic E-state index is 12.4. The van der Waals surface area contributed by atoms with Crippen molar-refractivity contribution in [1.29, 1.82) is 0 Å². The maximum Gasteiger partial charge on any atom is 0.338 e. The molecule has 7 heteroatoms. The quantitative estimate of drug-likeness (QED) is 0.401. The van der Waals surface area contributed by atoms with Gasteiger partial charge < -0.3 is 9.64 Å². The first-order chi connectivity index (χ1) is 14.3. The lowest BCUT2D eigenvalue weighted by Gasteiger charge is -2.25. The van der Waals surface area contributed by atoms with Crippen molar-refractivity contribution in [2.75, 3.05) is 20.2 Å². The molecular weight excluding hydrogens is 384 g/mol. The van der Waals surface area contributed by atoms with Gasteiger partial charge in [0.2, 0.25) is 0 Å². The van der Waals surface area contributed by atoms with Crippen molar-refractivity contribution < 1.29 is 23.9 Å². The molecule has 0 saturated carbocycles. The Morgan fingerprint density at radius 3 is 2.43 bits per heavy atom. The Morgan fingerprint density at radius 1 is 1.10 bits per heavy atom. The summed E-state index contributed by atoms with van der Waals surface area (Å²) in [4.78, 5) is 52.0. The van der Waals surface area contributed by atoms with Gasteiger partial charge in [0.15, 0.2) is 6.61 Å². The number of imide groups is 1. The van der Waals surface area contributed by atoms with E-state index in [1.807, 2.05) is 37.3 Å². The fraction of sp³-hybridized carbons (Fsp3) is 0.217. The molecule has 7 nitrogen and oxygen atoms in total. The predicted octanol–water partition coefficient (Wildman–Crippen LogP) is 2.85. The number of rotatable bonds is 7. The van der Waals surface area contributed by atoms with Crippen LogP contribution < -0.4 is 0 Å². The first-order valence-corrected chi connectivity index (χ1v) is 9.44. The van der Waals surface area contributed by atoms with Crippen molar-refractivity contribution in [3.8, 4) is 0 Å². The normalized spacial score (nSPS) is 13.6. The van der Waals surface area contributed by atoms with Crippen LogP contribution in [0, 0.1) is 0 Å². The summed E-state index contributed by atoms with van der Waals surface area (Å²) in [6, 6.07) is 13.5. The van der Waals surface area contributed by atoms with Gasteiger partial charge in [-0.05, 0) is 30.7 Å². The van der Waals surface area contributed by atoms with Gasteiger partial charge in [-0.2, -0.15) is 0 Å². The zero-order valence-corrected chi connectivity index (χ0v) is 16.8. The van der Waals surface area contributed by atoms with Crippen molar-refractivity contribution in [1.82, 2.24) is 9.80 Å². The van der Waals surface area contributed by atoms with Crippen LogP contribution in [0.3, 0.4) is 0 Å². The van der Waals surface area contributed by atoms with Gasteiger partial charge >= 0.3 is 5.97 Å². The first-order valence-electron chi connectivity index (χ1n) is 9.44. The van der Waals surface area contributed by atoms with Gasteiger partial charge in [-0.3, -0.25) is 19.3 Å². The molecule has 3 rings (SSSR count). The van der Waals surface area contributed by atoms with Gasteiger partial charge in [0.1, 0.15) is 0 Å². The molecule has 1 aliphatic rings. The summed E-state index contributed by atoms with van der Waals surface area (Å²) in [6.07, 6.45) is 1.45. The Hall–Kier alpha value is -3.74. The number of esters is 1. The minimum absolute atomic E-state index is 0.0898. The highest BCUT2D eigenvalue weighted by Crippen LogP contribution is 2.24. The monoisotopic (exact) mass is 406 g/mol. The van der Waals surface area contributed by atoms with Gasteiger partial charge in [0.05, 0.1) is 22.7 Å². The molecule has 1 aliphatic heterocycles. The largest absolute Gasteiger partial charge is 0.452 e. The molecule has 0 aliphatic carbocycles. The zero-order chi connectivity index (χ0) is 21.8. The van der Waals surface area contributed by atoms with Crippen LogP contribution in [0.5, 0.6) is 0 Å². The molecule has 0 fully saturated rings. The second-order valence-electron chi connectivity index (χ2n) is 6.94. The summed E-state index contributed by atoms with van der Waals surface area (Å²) in [5.74, 6) is -2.02. The fourth-order valence-corrected chi connectivity index (χ4v) is 3.20. The van der Waals surface area contributed by atoms with E-state index in [9.17, 15) is 19.2 Å². The van der Waals surface area contributed by atoms with E-state index < -0.39 is 24.4 Å². The molecule has 0 aromatic heterocycles. The number of likely N-dealkylation sites (N-methyl/N-ethyl adjacent to an activating group) is 1. The molecule has 0 unspecified atom stereocenters. The Balaban J connectivity index is 1.65. The molecule has 0 radical (unpaired) electrons.